The normalized spacial score (nSPS) is 19.9. The quantitative estimate of drug-likeness (QED) is 0.570. The molecule has 1 heterocycles. The van der Waals surface area contributed by atoms with Crippen LogP contribution in [0.2, 0.25) is 0 Å². The van der Waals surface area contributed by atoms with E-state index in [2.05, 4.69) is 0 Å². The van der Waals surface area contributed by atoms with Gasteiger partial charge < -0.3 is 11.5 Å². The molecule has 0 bridgehead atoms. The molecule has 0 aromatic carbocycles. The third-order valence-electron chi connectivity index (χ3n) is 2.38. The van der Waals surface area contributed by atoms with Crippen LogP contribution in [0, 0.1) is 0 Å². The standard InChI is InChI=1S/C9H15N3O3/c10-6(9(11)15)5-12-7(13)3-1-2-4-8(12)14/h6H,1-5,10H2,(H2,11,15). The third-order valence-corrected chi connectivity index (χ3v) is 2.38. The molecule has 15 heavy (non-hydrogen) atoms. The Morgan fingerprint density at radius 3 is 2.13 bits per heavy atom. The highest BCUT2D eigenvalue weighted by Gasteiger charge is 2.26. The zero-order chi connectivity index (χ0) is 11.4. The first-order valence-electron chi connectivity index (χ1n) is 4.90. The summed E-state index contributed by atoms with van der Waals surface area (Å²) < 4.78 is 0. The Hall–Kier alpha value is -1.43. The lowest BCUT2D eigenvalue weighted by Crippen LogP contribution is -2.49. The number of amides is 3. The van der Waals surface area contributed by atoms with Gasteiger partial charge in [0, 0.05) is 12.8 Å². The maximum Gasteiger partial charge on any atom is 0.236 e. The zero-order valence-electron chi connectivity index (χ0n) is 8.44. The summed E-state index contributed by atoms with van der Waals surface area (Å²) in [6.07, 6.45) is 2.06. The first-order valence-corrected chi connectivity index (χ1v) is 4.90. The number of carbonyl (C=O) groups excluding carboxylic acids is 3. The highest BCUT2D eigenvalue weighted by molar-refractivity contribution is 5.96. The summed E-state index contributed by atoms with van der Waals surface area (Å²) in [6, 6.07) is -0.976. The fourth-order valence-corrected chi connectivity index (χ4v) is 1.45. The molecule has 1 saturated heterocycles. The molecule has 1 aliphatic heterocycles. The first-order chi connectivity index (χ1) is 7.02. The smallest absolute Gasteiger partial charge is 0.236 e. The SMILES string of the molecule is NC(=O)C(N)CN1C(=O)CCCCC1=O. The van der Waals surface area contributed by atoms with Crippen molar-refractivity contribution in [2.75, 3.05) is 6.54 Å². The van der Waals surface area contributed by atoms with Crippen molar-refractivity contribution < 1.29 is 14.4 Å². The van der Waals surface area contributed by atoms with E-state index in [-0.39, 0.29) is 18.4 Å². The van der Waals surface area contributed by atoms with Gasteiger partial charge in [-0.25, -0.2) is 0 Å². The first kappa shape index (κ1) is 11.6. The summed E-state index contributed by atoms with van der Waals surface area (Å²) in [6.45, 7) is -0.104. The highest BCUT2D eigenvalue weighted by Crippen LogP contribution is 2.12. The number of imide groups is 1. The number of nitrogens with zero attached hydrogens (tertiary/aromatic N) is 1. The van der Waals surface area contributed by atoms with Gasteiger partial charge in [0.1, 0.15) is 6.04 Å². The molecule has 6 heteroatoms. The summed E-state index contributed by atoms with van der Waals surface area (Å²) in [4.78, 5) is 34.7. The van der Waals surface area contributed by atoms with E-state index < -0.39 is 11.9 Å². The van der Waals surface area contributed by atoms with E-state index >= 15 is 0 Å². The summed E-state index contributed by atoms with van der Waals surface area (Å²) in [5, 5.41) is 0. The van der Waals surface area contributed by atoms with Gasteiger partial charge in [-0.1, -0.05) is 0 Å². The zero-order valence-corrected chi connectivity index (χ0v) is 8.44. The van der Waals surface area contributed by atoms with Gasteiger partial charge in [0.15, 0.2) is 0 Å². The molecule has 1 fully saturated rings. The molecule has 6 nitrogen and oxygen atoms in total. The largest absolute Gasteiger partial charge is 0.368 e. The molecule has 1 atom stereocenters. The van der Waals surface area contributed by atoms with E-state index in [9.17, 15) is 14.4 Å². The molecule has 84 valence electrons. The topological polar surface area (TPSA) is 106 Å². The number of rotatable bonds is 3. The van der Waals surface area contributed by atoms with Crippen LogP contribution in [-0.2, 0) is 14.4 Å². The minimum absolute atomic E-state index is 0.104. The van der Waals surface area contributed by atoms with Crippen molar-refractivity contribution in [1.29, 1.82) is 0 Å². The summed E-state index contributed by atoms with van der Waals surface area (Å²) in [5.74, 6) is -1.25. The molecular weight excluding hydrogens is 198 g/mol. The number of carbonyl (C=O) groups is 3. The average Bonchev–Trinajstić information content (AvgIpc) is 2.32. The van der Waals surface area contributed by atoms with Crippen LogP contribution in [-0.4, -0.2) is 35.2 Å². The van der Waals surface area contributed by atoms with Crippen molar-refractivity contribution in [3.8, 4) is 0 Å². The van der Waals surface area contributed by atoms with E-state index in [0.717, 1.165) is 4.90 Å². The molecule has 0 aromatic heterocycles. The van der Waals surface area contributed by atoms with Crippen molar-refractivity contribution >= 4 is 17.7 Å². The van der Waals surface area contributed by atoms with Gasteiger partial charge in [-0.15, -0.1) is 0 Å². The second kappa shape index (κ2) is 4.88. The van der Waals surface area contributed by atoms with Crippen LogP contribution in [0.4, 0.5) is 0 Å². The predicted octanol–water partition coefficient (Wildman–Crippen LogP) is -1.27. The number of likely N-dealkylation sites (tertiary alicyclic amines) is 1. The lowest BCUT2D eigenvalue weighted by molar-refractivity contribution is -0.144. The molecule has 0 aromatic rings. The molecule has 0 radical (unpaired) electrons. The van der Waals surface area contributed by atoms with Gasteiger partial charge in [-0.2, -0.15) is 0 Å². The van der Waals surface area contributed by atoms with Crippen LogP contribution in [0.1, 0.15) is 25.7 Å². The van der Waals surface area contributed by atoms with Crippen molar-refractivity contribution in [3.63, 3.8) is 0 Å². The van der Waals surface area contributed by atoms with E-state index in [0.29, 0.717) is 25.7 Å². The Balaban J connectivity index is 2.67. The van der Waals surface area contributed by atoms with Crippen molar-refractivity contribution in [2.24, 2.45) is 11.5 Å². The fourth-order valence-electron chi connectivity index (χ4n) is 1.45. The van der Waals surface area contributed by atoms with Crippen LogP contribution in [0.15, 0.2) is 0 Å². The fraction of sp³-hybridized carbons (Fsp3) is 0.667. The monoisotopic (exact) mass is 213 g/mol. The Morgan fingerprint density at radius 2 is 1.73 bits per heavy atom. The van der Waals surface area contributed by atoms with E-state index in [1.54, 1.807) is 0 Å². The molecule has 1 unspecified atom stereocenters. The average molecular weight is 213 g/mol. The van der Waals surface area contributed by atoms with Crippen molar-refractivity contribution in [2.45, 2.75) is 31.7 Å². The summed E-state index contributed by atoms with van der Waals surface area (Å²) >= 11 is 0. The van der Waals surface area contributed by atoms with Crippen molar-refractivity contribution in [1.82, 2.24) is 4.90 Å². The van der Waals surface area contributed by atoms with Crippen LogP contribution in [0.3, 0.4) is 0 Å². The molecule has 0 spiro atoms. The molecule has 3 amide bonds. The Bertz CT molecular complexity index is 272. The maximum absolute atomic E-state index is 11.5. The van der Waals surface area contributed by atoms with Gasteiger partial charge >= 0.3 is 0 Å². The van der Waals surface area contributed by atoms with Gasteiger partial charge in [0.25, 0.3) is 0 Å². The van der Waals surface area contributed by atoms with Crippen LogP contribution < -0.4 is 11.5 Å². The number of primary amides is 1. The molecule has 1 rings (SSSR count). The highest BCUT2D eigenvalue weighted by atomic mass is 16.2. The van der Waals surface area contributed by atoms with E-state index in [1.807, 2.05) is 0 Å². The number of nitrogens with two attached hydrogens (primary N) is 2. The van der Waals surface area contributed by atoms with E-state index in [4.69, 9.17) is 11.5 Å². The van der Waals surface area contributed by atoms with Gasteiger partial charge in [-0.3, -0.25) is 19.3 Å². The molecule has 0 aliphatic carbocycles. The maximum atomic E-state index is 11.5. The van der Waals surface area contributed by atoms with Crippen LogP contribution in [0.5, 0.6) is 0 Å². The minimum atomic E-state index is -0.976. The summed E-state index contributed by atoms with van der Waals surface area (Å²) in [7, 11) is 0. The van der Waals surface area contributed by atoms with Gasteiger partial charge in [-0.05, 0) is 12.8 Å². The van der Waals surface area contributed by atoms with Gasteiger partial charge in [0.2, 0.25) is 17.7 Å². The predicted molar refractivity (Wildman–Crippen MR) is 52.4 cm³/mol. The van der Waals surface area contributed by atoms with E-state index in [1.165, 1.54) is 0 Å². The number of hydrogen-bond acceptors (Lipinski definition) is 4. The lowest BCUT2D eigenvalue weighted by Gasteiger charge is -2.20. The minimum Gasteiger partial charge on any atom is -0.368 e. The molecule has 0 saturated carbocycles. The van der Waals surface area contributed by atoms with Crippen molar-refractivity contribution in [3.05, 3.63) is 0 Å². The third kappa shape index (κ3) is 3.02. The van der Waals surface area contributed by atoms with Gasteiger partial charge in [0.05, 0.1) is 6.54 Å². The number of hydrogen-bond donors (Lipinski definition) is 2. The Kier molecular flexibility index (Phi) is 3.79. The second-order valence-corrected chi connectivity index (χ2v) is 3.61. The Labute approximate surface area is 87.6 Å². The van der Waals surface area contributed by atoms with Crippen LogP contribution in [0.25, 0.3) is 0 Å². The lowest BCUT2D eigenvalue weighted by atomic mass is 10.2. The molecular formula is C9H15N3O3. The Morgan fingerprint density at radius 1 is 1.27 bits per heavy atom. The second-order valence-electron chi connectivity index (χ2n) is 3.61. The summed E-state index contributed by atoms with van der Waals surface area (Å²) in [5.41, 5.74) is 10.4. The molecule has 4 N–H and O–H groups in total. The molecule has 1 aliphatic rings. The van der Waals surface area contributed by atoms with Crippen LogP contribution >= 0.6 is 0 Å².